The molecule has 24 heavy (non-hydrogen) atoms. The molecule has 0 aromatic heterocycles. The van der Waals surface area contributed by atoms with Crippen LogP contribution in [-0.2, 0) is 9.59 Å². The Balaban J connectivity index is 2.23. The van der Waals surface area contributed by atoms with Crippen molar-refractivity contribution in [2.45, 2.75) is 72.6 Å². The van der Waals surface area contributed by atoms with Gasteiger partial charge in [-0.05, 0) is 61.7 Å². The third kappa shape index (κ3) is 3.38. The number of hydrogen-bond donors (Lipinski definition) is 2. The summed E-state index contributed by atoms with van der Waals surface area (Å²) in [5.41, 5.74) is 0.436. The van der Waals surface area contributed by atoms with Crippen molar-refractivity contribution >= 4 is 11.9 Å². The molecule has 4 nitrogen and oxygen atoms in total. The minimum absolute atomic E-state index is 0.0781. The second-order valence-electron chi connectivity index (χ2n) is 8.66. The first-order chi connectivity index (χ1) is 11.1. The monoisotopic (exact) mass is 336 g/mol. The molecule has 2 aliphatic carbocycles. The molecule has 0 heterocycles. The van der Waals surface area contributed by atoms with E-state index in [1.54, 1.807) is 0 Å². The van der Waals surface area contributed by atoms with Crippen LogP contribution in [0.1, 0.15) is 72.6 Å². The van der Waals surface area contributed by atoms with Crippen LogP contribution in [0.3, 0.4) is 0 Å². The Morgan fingerprint density at radius 2 is 1.96 bits per heavy atom. The average molecular weight is 336 g/mol. The van der Waals surface area contributed by atoms with E-state index >= 15 is 0 Å². The SMILES string of the molecule is C[C@@H](CC[C@@]1(C)[C@H](C)CC[C@]2(C)C(C(=O)O)=CCC[C@H]12)CC(=O)O. The highest BCUT2D eigenvalue weighted by Crippen LogP contribution is 2.62. The van der Waals surface area contributed by atoms with Crippen LogP contribution in [0.15, 0.2) is 11.6 Å². The van der Waals surface area contributed by atoms with Crippen molar-refractivity contribution in [2.24, 2.45) is 28.6 Å². The Hall–Kier alpha value is -1.32. The molecule has 0 amide bonds. The van der Waals surface area contributed by atoms with E-state index in [0.29, 0.717) is 17.4 Å². The summed E-state index contributed by atoms with van der Waals surface area (Å²) < 4.78 is 0. The fourth-order valence-corrected chi connectivity index (χ4v) is 5.40. The standard InChI is InChI=1S/C20H32O4/c1-13(12-17(21)22)8-10-19(3)14(2)9-11-20(4)15(18(23)24)6-5-7-16(19)20/h6,13-14,16H,5,7-12H2,1-4H3,(H,21,22)(H,23,24)/t13-,14+,16+,19-,20+/m0/s1. The number of fused-ring (bicyclic) bond motifs is 1. The average Bonchev–Trinajstić information content (AvgIpc) is 2.48. The number of carboxylic acids is 2. The van der Waals surface area contributed by atoms with Crippen molar-refractivity contribution in [1.29, 1.82) is 0 Å². The molecule has 0 aromatic rings. The molecule has 0 aliphatic heterocycles. The van der Waals surface area contributed by atoms with E-state index in [1.807, 2.05) is 13.0 Å². The molecule has 0 spiro atoms. The predicted molar refractivity (Wildman–Crippen MR) is 93.7 cm³/mol. The number of carbonyl (C=O) groups is 2. The lowest BCUT2D eigenvalue weighted by molar-refractivity contribution is -0.139. The molecule has 1 saturated carbocycles. The van der Waals surface area contributed by atoms with Gasteiger partial charge in [0.2, 0.25) is 0 Å². The molecule has 0 aromatic carbocycles. The zero-order valence-corrected chi connectivity index (χ0v) is 15.5. The highest BCUT2D eigenvalue weighted by molar-refractivity contribution is 5.88. The van der Waals surface area contributed by atoms with Gasteiger partial charge in [-0.3, -0.25) is 4.79 Å². The van der Waals surface area contributed by atoms with Crippen molar-refractivity contribution in [3.63, 3.8) is 0 Å². The summed E-state index contributed by atoms with van der Waals surface area (Å²) >= 11 is 0. The summed E-state index contributed by atoms with van der Waals surface area (Å²) in [5.74, 6) is -0.429. The Morgan fingerprint density at radius 1 is 1.29 bits per heavy atom. The third-order valence-corrected chi connectivity index (χ3v) is 7.14. The molecule has 2 rings (SSSR count). The largest absolute Gasteiger partial charge is 0.481 e. The lowest BCUT2D eigenvalue weighted by Crippen LogP contribution is -2.51. The van der Waals surface area contributed by atoms with Gasteiger partial charge < -0.3 is 10.2 Å². The molecule has 2 N–H and O–H groups in total. The highest BCUT2D eigenvalue weighted by Gasteiger charge is 2.55. The fourth-order valence-electron chi connectivity index (χ4n) is 5.40. The minimum atomic E-state index is -0.765. The first-order valence-electron chi connectivity index (χ1n) is 9.27. The van der Waals surface area contributed by atoms with E-state index in [2.05, 4.69) is 20.8 Å². The summed E-state index contributed by atoms with van der Waals surface area (Å²) in [4.78, 5) is 22.7. The van der Waals surface area contributed by atoms with E-state index in [0.717, 1.165) is 38.5 Å². The van der Waals surface area contributed by atoms with Gasteiger partial charge in [-0.1, -0.05) is 33.8 Å². The molecule has 2 aliphatic rings. The molecule has 1 fully saturated rings. The molecule has 0 bridgehead atoms. The Kier molecular flexibility index (Phi) is 5.46. The molecule has 136 valence electrons. The van der Waals surface area contributed by atoms with Crippen LogP contribution >= 0.6 is 0 Å². The van der Waals surface area contributed by atoms with E-state index in [1.165, 1.54) is 0 Å². The lowest BCUT2D eigenvalue weighted by Gasteiger charge is -2.57. The quantitative estimate of drug-likeness (QED) is 0.734. The van der Waals surface area contributed by atoms with Gasteiger partial charge in [-0.2, -0.15) is 0 Å². The molecular weight excluding hydrogens is 304 g/mol. The van der Waals surface area contributed by atoms with E-state index in [4.69, 9.17) is 5.11 Å². The van der Waals surface area contributed by atoms with Crippen LogP contribution in [0.2, 0.25) is 0 Å². The molecule has 0 saturated heterocycles. The van der Waals surface area contributed by atoms with Gasteiger partial charge in [0, 0.05) is 17.4 Å². The number of aliphatic carboxylic acids is 2. The van der Waals surface area contributed by atoms with Crippen molar-refractivity contribution in [3.8, 4) is 0 Å². The maximum atomic E-state index is 11.8. The maximum absolute atomic E-state index is 11.8. The zero-order chi connectivity index (χ0) is 18.1. The number of hydrogen-bond acceptors (Lipinski definition) is 2. The molecule has 0 radical (unpaired) electrons. The molecule has 5 atom stereocenters. The highest BCUT2D eigenvalue weighted by atomic mass is 16.4. The Morgan fingerprint density at radius 3 is 2.54 bits per heavy atom. The third-order valence-electron chi connectivity index (χ3n) is 7.14. The fraction of sp³-hybridized carbons (Fsp3) is 0.800. The van der Waals surface area contributed by atoms with Gasteiger partial charge in [0.05, 0.1) is 0 Å². The van der Waals surface area contributed by atoms with Gasteiger partial charge >= 0.3 is 11.9 Å². The number of allylic oxidation sites excluding steroid dienone is 1. The Bertz CT molecular complexity index is 538. The first-order valence-corrected chi connectivity index (χ1v) is 9.27. The van der Waals surface area contributed by atoms with Crippen molar-refractivity contribution in [1.82, 2.24) is 0 Å². The van der Waals surface area contributed by atoms with Crippen LogP contribution in [-0.4, -0.2) is 22.2 Å². The lowest BCUT2D eigenvalue weighted by atomic mass is 9.46. The maximum Gasteiger partial charge on any atom is 0.331 e. The first kappa shape index (κ1) is 19.0. The zero-order valence-electron chi connectivity index (χ0n) is 15.5. The summed E-state index contributed by atoms with van der Waals surface area (Å²) in [6.45, 7) is 8.76. The number of rotatable bonds is 6. The summed E-state index contributed by atoms with van der Waals surface area (Å²) in [6, 6.07) is 0. The van der Waals surface area contributed by atoms with Crippen molar-refractivity contribution in [2.75, 3.05) is 0 Å². The summed E-state index contributed by atoms with van der Waals surface area (Å²) in [7, 11) is 0. The van der Waals surface area contributed by atoms with Crippen LogP contribution in [0.25, 0.3) is 0 Å². The number of carboxylic acid groups (broad SMARTS) is 2. The van der Waals surface area contributed by atoms with E-state index in [9.17, 15) is 14.7 Å². The van der Waals surface area contributed by atoms with E-state index < -0.39 is 11.9 Å². The molecule has 4 heteroatoms. The van der Waals surface area contributed by atoms with Gasteiger partial charge in [0.25, 0.3) is 0 Å². The second kappa shape index (κ2) is 6.89. The second-order valence-corrected chi connectivity index (χ2v) is 8.66. The predicted octanol–water partition coefficient (Wildman–Crippen LogP) is 4.74. The summed E-state index contributed by atoms with van der Waals surface area (Å²) in [5, 5.41) is 18.7. The normalized spacial score (nSPS) is 37.2. The summed E-state index contributed by atoms with van der Waals surface area (Å²) in [6.07, 6.45) is 7.89. The minimum Gasteiger partial charge on any atom is -0.481 e. The molecular formula is C20H32O4. The van der Waals surface area contributed by atoms with Crippen LogP contribution < -0.4 is 0 Å². The van der Waals surface area contributed by atoms with Crippen LogP contribution in [0.4, 0.5) is 0 Å². The molecule has 0 unspecified atom stereocenters. The van der Waals surface area contributed by atoms with Gasteiger partial charge in [0.1, 0.15) is 0 Å². The van der Waals surface area contributed by atoms with Crippen molar-refractivity contribution in [3.05, 3.63) is 11.6 Å². The van der Waals surface area contributed by atoms with Crippen molar-refractivity contribution < 1.29 is 19.8 Å². The van der Waals surface area contributed by atoms with E-state index in [-0.39, 0.29) is 23.2 Å². The van der Waals surface area contributed by atoms with Gasteiger partial charge in [-0.15, -0.1) is 0 Å². The van der Waals surface area contributed by atoms with Gasteiger partial charge in [0.15, 0.2) is 0 Å². The van der Waals surface area contributed by atoms with Crippen LogP contribution in [0, 0.1) is 28.6 Å². The topological polar surface area (TPSA) is 74.6 Å². The smallest absolute Gasteiger partial charge is 0.331 e. The van der Waals surface area contributed by atoms with Crippen LogP contribution in [0.5, 0.6) is 0 Å². The van der Waals surface area contributed by atoms with Gasteiger partial charge in [-0.25, -0.2) is 4.79 Å². The Labute approximate surface area is 145 Å².